The fourth-order valence-electron chi connectivity index (χ4n) is 2.70. The van der Waals surface area contributed by atoms with Crippen LogP contribution in [0, 0.1) is 10.1 Å². The molecule has 0 atom stereocenters. The van der Waals surface area contributed by atoms with Crippen molar-refractivity contribution in [3.05, 3.63) is 69.8 Å². The molecule has 0 unspecified atom stereocenters. The van der Waals surface area contributed by atoms with E-state index in [1.165, 1.54) is 17.0 Å². The number of nitrogens with one attached hydrogen (secondary N) is 1. The fourth-order valence-corrected chi connectivity index (χ4v) is 3.67. The van der Waals surface area contributed by atoms with E-state index in [4.69, 9.17) is 0 Å². The molecule has 7 nitrogen and oxygen atoms in total. The van der Waals surface area contributed by atoms with Crippen molar-refractivity contribution in [1.29, 1.82) is 0 Å². The Bertz CT molecular complexity index is 1130. The third kappa shape index (κ3) is 3.47. The summed E-state index contributed by atoms with van der Waals surface area (Å²) in [5, 5.41) is 15.2. The summed E-state index contributed by atoms with van der Waals surface area (Å²) in [6.45, 7) is 2.09. The number of non-ortho nitro benzene ring substituents is 1. The standard InChI is InChI=1S/C19H15N5O2S/c1-2-15-10-16-18(21-13-6-3-7-14(9-13)24(25)26)22-17(23-19(16)27-15)12-5-4-8-20-11-12/h3-11H,2H2,1H3,(H,21,22,23). The Labute approximate surface area is 158 Å². The van der Waals surface area contributed by atoms with Crippen molar-refractivity contribution >= 4 is 38.7 Å². The summed E-state index contributed by atoms with van der Waals surface area (Å²) in [4.78, 5) is 26.2. The van der Waals surface area contributed by atoms with Gasteiger partial charge in [0.2, 0.25) is 0 Å². The molecule has 134 valence electrons. The van der Waals surface area contributed by atoms with Crippen molar-refractivity contribution in [1.82, 2.24) is 15.0 Å². The summed E-state index contributed by atoms with van der Waals surface area (Å²) in [6.07, 6.45) is 4.32. The number of pyridine rings is 1. The van der Waals surface area contributed by atoms with E-state index >= 15 is 0 Å². The Morgan fingerprint density at radius 2 is 2.07 bits per heavy atom. The van der Waals surface area contributed by atoms with E-state index in [1.807, 2.05) is 12.1 Å². The van der Waals surface area contributed by atoms with Crippen LogP contribution in [0.25, 0.3) is 21.6 Å². The normalized spacial score (nSPS) is 10.9. The molecule has 0 amide bonds. The molecule has 1 aromatic carbocycles. The van der Waals surface area contributed by atoms with Gasteiger partial charge in [0, 0.05) is 40.7 Å². The average molecular weight is 377 g/mol. The fraction of sp³-hybridized carbons (Fsp3) is 0.105. The molecule has 0 radical (unpaired) electrons. The van der Waals surface area contributed by atoms with E-state index in [1.54, 1.807) is 35.9 Å². The molecule has 4 rings (SSSR count). The SMILES string of the molecule is CCc1cc2c(Nc3cccc([N+](=O)[O-])c3)nc(-c3cccnc3)nc2s1. The third-order valence-corrected chi connectivity index (χ3v) is 5.20. The largest absolute Gasteiger partial charge is 0.339 e. The summed E-state index contributed by atoms with van der Waals surface area (Å²) >= 11 is 1.62. The number of benzene rings is 1. The van der Waals surface area contributed by atoms with Crippen LogP contribution in [0.3, 0.4) is 0 Å². The molecule has 0 fully saturated rings. The first-order chi connectivity index (χ1) is 13.1. The van der Waals surface area contributed by atoms with Gasteiger partial charge >= 0.3 is 0 Å². The van der Waals surface area contributed by atoms with Crippen molar-refractivity contribution < 1.29 is 4.92 Å². The highest BCUT2D eigenvalue weighted by molar-refractivity contribution is 7.18. The number of fused-ring (bicyclic) bond motifs is 1. The van der Waals surface area contributed by atoms with Gasteiger partial charge in [0.1, 0.15) is 10.6 Å². The number of anilines is 2. The van der Waals surface area contributed by atoms with Gasteiger partial charge in [0.25, 0.3) is 5.69 Å². The zero-order valence-electron chi connectivity index (χ0n) is 14.4. The lowest BCUT2D eigenvalue weighted by Gasteiger charge is -2.09. The lowest BCUT2D eigenvalue weighted by molar-refractivity contribution is -0.384. The van der Waals surface area contributed by atoms with E-state index in [0.717, 1.165) is 22.2 Å². The van der Waals surface area contributed by atoms with Crippen LogP contribution in [0.4, 0.5) is 17.2 Å². The summed E-state index contributed by atoms with van der Waals surface area (Å²) in [5.74, 6) is 1.18. The van der Waals surface area contributed by atoms with Crippen LogP contribution < -0.4 is 5.32 Å². The van der Waals surface area contributed by atoms with E-state index in [9.17, 15) is 10.1 Å². The number of nitro benzene ring substituents is 1. The maximum Gasteiger partial charge on any atom is 0.271 e. The van der Waals surface area contributed by atoms with Crippen LogP contribution in [-0.4, -0.2) is 19.9 Å². The van der Waals surface area contributed by atoms with Gasteiger partial charge < -0.3 is 5.32 Å². The highest BCUT2D eigenvalue weighted by Crippen LogP contribution is 2.33. The van der Waals surface area contributed by atoms with Gasteiger partial charge in [-0.25, -0.2) is 9.97 Å². The number of thiophene rings is 1. The number of nitro groups is 1. The van der Waals surface area contributed by atoms with Gasteiger partial charge in [0.05, 0.1) is 10.3 Å². The highest BCUT2D eigenvalue weighted by Gasteiger charge is 2.14. The average Bonchev–Trinajstić information content (AvgIpc) is 3.12. The van der Waals surface area contributed by atoms with Gasteiger partial charge in [-0.1, -0.05) is 13.0 Å². The summed E-state index contributed by atoms with van der Waals surface area (Å²) in [5.41, 5.74) is 1.44. The van der Waals surface area contributed by atoms with Gasteiger partial charge in [0.15, 0.2) is 5.82 Å². The predicted octanol–water partition coefficient (Wildman–Crippen LogP) is 4.97. The van der Waals surface area contributed by atoms with E-state index < -0.39 is 4.92 Å². The van der Waals surface area contributed by atoms with Crippen LogP contribution in [0.2, 0.25) is 0 Å². The molecule has 4 aromatic rings. The molecule has 0 bridgehead atoms. The first-order valence-electron chi connectivity index (χ1n) is 8.36. The van der Waals surface area contributed by atoms with E-state index in [-0.39, 0.29) is 5.69 Å². The maximum absolute atomic E-state index is 11.0. The Kier molecular flexibility index (Phi) is 4.47. The molecular formula is C19H15N5O2S. The number of hydrogen-bond acceptors (Lipinski definition) is 7. The minimum Gasteiger partial charge on any atom is -0.339 e. The second kappa shape index (κ2) is 7.08. The lowest BCUT2D eigenvalue weighted by Crippen LogP contribution is -1.99. The number of aromatic nitrogens is 3. The summed E-state index contributed by atoms with van der Waals surface area (Å²) in [7, 11) is 0. The molecule has 0 spiro atoms. The van der Waals surface area contributed by atoms with Crippen LogP contribution in [0.15, 0.2) is 54.9 Å². The third-order valence-electron chi connectivity index (χ3n) is 4.03. The number of rotatable bonds is 5. The van der Waals surface area contributed by atoms with Gasteiger partial charge in [-0.2, -0.15) is 0 Å². The maximum atomic E-state index is 11.0. The molecule has 0 aliphatic heterocycles. The summed E-state index contributed by atoms with van der Waals surface area (Å²) in [6, 6.07) is 12.2. The van der Waals surface area contributed by atoms with Crippen LogP contribution >= 0.6 is 11.3 Å². The van der Waals surface area contributed by atoms with Crippen molar-refractivity contribution in [3.8, 4) is 11.4 Å². The first-order valence-corrected chi connectivity index (χ1v) is 9.18. The molecule has 0 aliphatic carbocycles. The molecular weight excluding hydrogens is 362 g/mol. The van der Waals surface area contributed by atoms with Crippen molar-refractivity contribution in [2.75, 3.05) is 5.32 Å². The van der Waals surface area contributed by atoms with E-state index in [2.05, 4.69) is 33.3 Å². The Balaban J connectivity index is 1.84. The Hall–Kier alpha value is -3.39. The van der Waals surface area contributed by atoms with Crippen molar-refractivity contribution in [2.24, 2.45) is 0 Å². The zero-order valence-corrected chi connectivity index (χ0v) is 15.2. The molecule has 0 saturated carbocycles. The monoisotopic (exact) mass is 377 g/mol. The number of nitrogens with zero attached hydrogens (tertiary/aromatic N) is 4. The smallest absolute Gasteiger partial charge is 0.271 e. The van der Waals surface area contributed by atoms with Crippen LogP contribution in [0.1, 0.15) is 11.8 Å². The number of hydrogen-bond donors (Lipinski definition) is 1. The van der Waals surface area contributed by atoms with Gasteiger partial charge in [-0.3, -0.25) is 15.1 Å². The minimum atomic E-state index is -0.415. The first kappa shape index (κ1) is 17.0. The quantitative estimate of drug-likeness (QED) is 0.390. The molecule has 0 aliphatic rings. The topological polar surface area (TPSA) is 93.8 Å². The molecule has 8 heteroatoms. The van der Waals surface area contributed by atoms with E-state index in [0.29, 0.717) is 17.3 Å². The lowest BCUT2D eigenvalue weighted by atomic mass is 10.2. The van der Waals surface area contributed by atoms with Gasteiger partial charge in [-0.15, -0.1) is 11.3 Å². The predicted molar refractivity (Wildman–Crippen MR) is 106 cm³/mol. The molecule has 3 aromatic heterocycles. The highest BCUT2D eigenvalue weighted by atomic mass is 32.1. The molecule has 0 saturated heterocycles. The Morgan fingerprint density at radius 1 is 1.19 bits per heavy atom. The van der Waals surface area contributed by atoms with Crippen LogP contribution in [0.5, 0.6) is 0 Å². The van der Waals surface area contributed by atoms with Crippen molar-refractivity contribution in [3.63, 3.8) is 0 Å². The second-order valence-electron chi connectivity index (χ2n) is 5.86. The zero-order chi connectivity index (χ0) is 18.8. The minimum absolute atomic E-state index is 0.0253. The van der Waals surface area contributed by atoms with Crippen molar-refractivity contribution in [2.45, 2.75) is 13.3 Å². The summed E-state index contributed by atoms with van der Waals surface area (Å²) < 4.78 is 0. The molecule has 3 heterocycles. The molecule has 1 N–H and O–H groups in total. The number of aryl methyl sites for hydroxylation is 1. The van der Waals surface area contributed by atoms with Crippen LogP contribution in [-0.2, 0) is 6.42 Å². The Morgan fingerprint density at radius 3 is 2.81 bits per heavy atom. The molecule has 27 heavy (non-hydrogen) atoms. The van der Waals surface area contributed by atoms with Gasteiger partial charge in [-0.05, 0) is 30.7 Å². The second-order valence-corrected chi connectivity index (χ2v) is 6.97.